The summed E-state index contributed by atoms with van der Waals surface area (Å²) in [6.07, 6.45) is 0. The van der Waals surface area contributed by atoms with Crippen molar-refractivity contribution in [3.63, 3.8) is 0 Å². The Labute approximate surface area is 93.3 Å². The summed E-state index contributed by atoms with van der Waals surface area (Å²) in [7, 11) is 1.91. The Morgan fingerprint density at radius 1 is 1.54 bits per heavy atom. The lowest BCUT2D eigenvalue weighted by Crippen LogP contribution is -1.93. The van der Waals surface area contributed by atoms with Crippen molar-refractivity contribution in [2.75, 3.05) is 0 Å². The summed E-state index contributed by atoms with van der Waals surface area (Å²) in [5.74, 6) is 0. The van der Waals surface area contributed by atoms with Crippen molar-refractivity contribution in [3.05, 3.63) is 15.6 Å². The van der Waals surface area contributed by atoms with Gasteiger partial charge in [0.05, 0.1) is 11.4 Å². The van der Waals surface area contributed by atoms with Crippen LogP contribution in [0.1, 0.15) is 5.69 Å². The molecule has 0 saturated carbocycles. The minimum atomic E-state index is 0.788. The van der Waals surface area contributed by atoms with E-state index in [4.69, 9.17) is 0 Å². The second-order valence-electron chi connectivity index (χ2n) is 2.66. The first-order chi connectivity index (χ1) is 6.16. The number of rotatable bonds is 1. The Kier molecular flexibility index (Phi) is 2.33. The molecule has 0 aliphatic carbocycles. The quantitative estimate of drug-likeness (QED) is 0.755. The Morgan fingerprint density at radius 2 is 2.31 bits per heavy atom. The van der Waals surface area contributed by atoms with Crippen LogP contribution in [0.5, 0.6) is 0 Å². The van der Waals surface area contributed by atoms with Crippen LogP contribution in [-0.4, -0.2) is 19.1 Å². The summed E-state index contributed by atoms with van der Waals surface area (Å²) < 4.78 is 6.73. The SMILES string of the molecule is Cc1cc(-c2nc(I)ns2)n(C)n1. The second kappa shape index (κ2) is 3.33. The average Bonchev–Trinajstić information content (AvgIpc) is 2.58. The molecule has 0 amide bonds. The molecule has 0 aromatic carbocycles. The van der Waals surface area contributed by atoms with E-state index in [1.807, 2.05) is 24.7 Å². The van der Waals surface area contributed by atoms with Crippen molar-refractivity contribution in [1.82, 2.24) is 19.1 Å². The van der Waals surface area contributed by atoms with Crippen LogP contribution in [0.3, 0.4) is 0 Å². The molecule has 4 nitrogen and oxygen atoms in total. The molecular formula is C7H7IN4S. The summed E-state index contributed by atoms with van der Waals surface area (Å²) in [6.45, 7) is 1.97. The van der Waals surface area contributed by atoms with Crippen LogP contribution in [0.2, 0.25) is 0 Å². The van der Waals surface area contributed by atoms with Gasteiger partial charge in [-0.3, -0.25) is 4.68 Å². The Morgan fingerprint density at radius 3 is 2.77 bits per heavy atom. The maximum atomic E-state index is 4.29. The van der Waals surface area contributed by atoms with Gasteiger partial charge in [0.15, 0.2) is 5.01 Å². The van der Waals surface area contributed by atoms with Crippen molar-refractivity contribution in [3.8, 4) is 10.7 Å². The highest BCUT2D eigenvalue weighted by atomic mass is 127. The lowest BCUT2D eigenvalue weighted by atomic mass is 10.4. The summed E-state index contributed by atoms with van der Waals surface area (Å²) in [5, 5.41) is 5.17. The number of aromatic nitrogens is 4. The van der Waals surface area contributed by atoms with Crippen LogP contribution in [-0.2, 0) is 7.05 Å². The Hall–Kier alpha value is -0.500. The average molecular weight is 306 g/mol. The van der Waals surface area contributed by atoms with E-state index in [1.165, 1.54) is 11.5 Å². The van der Waals surface area contributed by atoms with Gasteiger partial charge in [-0.05, 0) is 24.5 Å². The van der Waals surface area contributed by atoms with Gasteiger partial charge in [0.1, 0.15) is 0 Å². The second-order valence-corrected chi connectivity index (χ2v) is 4.38. The first-order valence-corrected chi connectivity index (χ1v) is 5.52. The van der Waals surface area contributed by atoms with Crippen LogP contribution in [0, 0.1) is 10.8 Å². The third-order valence-corrected chi connectivity index (χ3v) is 3.17. The number of hydrogen-bond donors (Lipinski definition) is 0. The van der Waals surface area contributed by atoms with Crippen molar-refractivity contribution >= 4 is 34.1 Å². The molecule has 0 spiro atoms. The third kappa shape index (κ3) is 1.73. The Balaban J connectivity index is 2.51. The van der Waals surface area contributed by atoms with Gasteiger partial charge in [-0.15, -0.1) is 0 Å². The van der Waals surface area contributed by atoms with Gasteiger partial charge in [0.25, 0.3) is 0 Å². The van der Waals surface area contributed by atoms with E-state index < -0.39 is 0 Å². The fraction of sp³-hybridized carbons (Fsp3) is 0.286. The largest absolute Gasteiger partial charge is 0.265 e. The normalized spacial score (nSPS) is 10.7. The lowest BCUT2D eigenvalue weighted by Gasteiger charge is -1.93. The maximum Gasteiger partial charge on any atom is 0.203 e. The number of nitrogens with zero attached hydrogens (tertiary/aromatic N) is 4. The Bertz CT molecular complexity index is 433. The molecule has 2 aromatic heterocycles. The van der Waals surface area contributed by atoms with Crippen LogP contribution in [0.4, 0.5) is 0 Å². The maximum absolute atomic E-state index is 4.29. The first-order valence-electron chi connectivity index (χ1n) is 3.67. The zero-order chi connectivity index (χ0) is 9.42. The van der Waals surface area contributed by atoms with Crippen LogP contribution < -0.4 is 0 Å². The molecule has 2 rings (SSSR count). The van der Waals surface area contributed by atoms with Gasteiger partial charge in [-0.1, -0.05) is 0 Å². The molecule has 2 heterocycles. The van der Waals surface area contributed by atoms with Crippen LogP contribution >= 0.6 is 34.1 Å². The number of aryl methyl sites for hydroxylation is 2. The van der Waals surface area contributed by atoms with E-state index >= 15 is 0 Å². The molecule has 2 aromatic rings. The summed E-state index contributed by atoms with van der Waals surface area (Å²) in [4.78, 5) is 4.29. The monoisotopic (exact) mass is 306 g/mol. The highest BCUT2D eigenvalue weighted by Gasteiger charge is 2.09. The molecule has 0 saturated heterocycles. The topological polar surface area (TPSA) is 43.6 Å². The molecule has 0 N–H and O–H groups in total. The van der Waals surface area contributed by atoms with E-state index in [0.717, 1.165) is 20.2 Å². The van der Waals surface area contributed by atoms with E-state index in [1.54, 1.807) is 0 Å². The lowest BCUT2D eigenvalue weighted by molar-refractivity contribution is 0.763. The van der Waals surface area contributed by atoms with Crippen molar-refractivity contribution < 1.29 is 0 Å². The standard InChI is InChI=1S/C7H7IN4S/c1-4-3-5(12(2)10-4)6-9-7(8)11-13-6/h3H,1-2H3. The number of hydrogen-bond acceptors (Lipinski definition) is 4. The minimum Gasteiger partial charge on any atom is -0.265 e. The zero-order valence-corrected chi connectivity index (χ0v) is 10.1. The third-order valence-electron chi connectivity index (χ3n) is 1.62. The predicted molar refractivity (Wildman–Crippen MR) is 59.6 cm³/mol. The van der Waals surface area contributed by atoms with E-state index in [2.05, 4.69) is 37.0 Å². The van der Waals surface area contributed by atoms with E-state index in [9.17, 15) is 0 Å². The molecule has 13 heavy (non-hydrogen) atoms. The molecular weight excluding hydrogens is 299 g/mol. The summed E-state index contributed by atoms with van der Waals surface area (Å²) in [6, 6.07) is 2.01. The molecule has 0 radical (unpaired) electrons. The molecule has 68 valence electrons. The van der Waals surface area contributed by atoms with Gasteiger partial charge in [-0.2, -0.15) is 9.47 Å². The van der Waals surface area contributed by atoms with Crippen molar-refractivity contribution in [2.45, 2.75) is 6.92 Å². The van der Waals surface area contributed by atoms with Crippen LogP contribution in [0.15, 0.2) is 6.07 Å². The molecule has 0 aliphatic rings. The van der Waals surface area contributed by atoms with Gasteiger partial charge in [0.2, 0.25) is 3.83 Å². The van der Waals surface area contributed by atoms with Crippen molar-refractivity contribution in [1.29, 1.82) is 0 Å². The van der Waals surface area contributed by atoms with Gasteiger partial charge in [-0.25, -0.2) is 4.98 Å². The predicted octanol–water partition coefficient (Wildman–Crippen LogP) is 1.85. The van der Waals surface area contributed by atoms with E-state index in [0.29, 0.717) is 0 Å². The highest BCUT2D eigenvalue weighted by Crippen LogP contribution is 2.21. The molecule has 0 fully saturated rings. The molecule has 6 heteroatoms. The fourth-order valence-electron chi connectivity index (χ4n) is 1.12. The van der Waals surface area contributed by atoms with Crippen molar-refractivity contribution in [2.24, 2.45) is 7.05 Å². The molecule has 0 bridgehead atoms. The van der Waals surface area contributed by atoms with Gasteiger partial charge in [0, 0.05) is 29.6 Å². The van der Waals surface area contributed by atoms with Crippen LogP contribution in [0.25, 0.3) is 10.7 Å². The highest BCUT2D eigenvalue weighted by molar-refractivity contribution is 14.1. The summed E-state index contributed by atoms with van der Waals surface area (Å²) in [5.41, 5.74) is 2.03. The smallest absolute Gasteiger partial charge is 0.203 e. The minimum absolute atomic E-state index is 0.788. The molecule has 0 aliphatic heterocycles. The van der Waals surface area contributed by atoms with E-state index in [-0.39, 0.29) is 0 Å². The molecule has 0 unspecified atom stereocenters. The summed E-state index contributed by atoms with van der Waals surface area (Å²) >= 11 is 3.51. The fourth-order valence-corrected chi connectivity index (χ4v) is 2.44. The number of halogens is 1. The zero-order valence-electron chi connectivity index (χ0n) is 7.15. The van der Waals surface area contributed by atoms with Gasteiger partial charge < -0.3 is 0 Å². The van der Waals surface area contributed by atoms with Gasteiger partial charge >= 0.3 is 0 Å². The molecule has 0 atom stereocenters. The first kappa shape index (κ1) is 9.07.